The fourth-order valence-electron chi connectivity index (χ4n) is 1.60. The summed E-state index contributed by atoms with van der Waals surface area (Å²) >= 11 is 5.39. The van der Waals surface area contributed by atoms with E-state index >= 15 is 0 Å². The van der Waals surface area contributed by atoms with Gasteiger partial charge in [0.1, 0.15) is 0 Å². The first-order valence-corrected chi connectivity index (χ1v) is 7.69. The molecule has 2 amide bonds. The van der Waals surface area contributed by atoms with Gasteiger partial charge in [0.15, 0.2) is 0 Å². The van der Waals surface area contributed by atoms with E-state index in [0.717, 1.165) is 3.57 Å². The summed E-state index contributed by atoms with van der Waals surface area (Å²) in [5.41, 5.74) is 1.31. The summed E-state index contributed by atoms with van der Waals surface area (Å²) in [4.78, 5) is 22.7. The van der Waals surface area contributed by atoms with Gasteiger partial charge in [0.25, 0.3) is 0 Å². The van der Waals surface area contributed by atoms with Crippen LogP contribution in [0, 0.1) is 3.57 Å². The molecule has 7 heteroatoms. The molecule has 0 saturated carbocycles. The van der Waals surface area contributed by atoms with Gasteiger partial charge >= 0.3 is 12.0 Å². The average Bonchev–Trinajstić information content (AvgIpc) is 2.40. The largest absolute Gasteiger partial charge is 0.478 e. The van der Waals surface area contributed by atoms with Gasteiger partial charge in [-0.2, -0.15) is 0 Å². The van der Waals surface area contributed by atoms with Crippen molar-refractivity contribution < 1.29 is 14.7 Å². The van der Waals surface area contributed by atoms with Crippen molar-refractivity contribution in [3.63, 3.8) is 0 Å². The molecule has 2 rings (SSSR count). The molecule has 0 radical (unpaired) electrons. The second-order valence-corrected chi connectivity index (χ2v) is 6.19. The number of halogens is 2. The van der Waals surface area contributed by atoms with E-state index in [1.165, 1.54) is 18.2 Å². The molecule has 108 valence electrons. The van der Waals surface area contributed by atoms with Crippen LogP contribution in [0.1, 0.15) is 10.4 Å². The number of nitrogens with one attached hydrogen (secondary N) is 2. The van der Waals surface area contributed by atoms with E-state index in [2.05, 4.69) is 49.2 Å². The number of carbonyl (C=O) groups is 2. The van der Waals surface area contributed by atoms with Crippen molar-refractivity contribution in [3.8, 4) is 0 Å². The molecular weight excluding hydrogens is 451 g/mol. The maximum atomic E-state index is 11.9. The number of hydrogen-bond acceptors (Lipinski definition) is 2. The van der Waals surface area contributed by atoms with Crippen LogP contribution < -0.4 is 10.6 Å². The van der Waals surface area contributed by atoms with Crippen molar-refractivity contribution in [1.29, 1.82) is 0 Å². The van der Waals surface area contributed by atoms with Crippen molar-refractivity contribution >= 4 is 61.9 Å². The monoisotopic (exact) mass is 460 g/mol. The van der Waals surface area contributed by atoms with Crippen LogP contribution in [0.15, 0.2) is 46.9 Å². The third kappa shape index (κ3) is 4.43. The molecule has 0 aliphatic heterocycles. The first-order chi connectivity index (χ1) is 9.95. The standard InChI is InChI=1S/C14H10BrIN2O3/c15-11-6-8(13(19)20)4-5-12(11)18-14(21)17-10-3-1-2-9(16)7-10/h1-7H,(H,19,20)(H2,17,18,21). The molecule has 3 N–H and O–H groups in total. The predicted molar refractivity (Wildman–Crippen MR) is 92.9 cm³/mol. The van der Waals surface area contributed by atoms with Gasteiger partial charge in [0.2, 0.25) is 0 Å². The van der Waals surface area contributed by atoms with Gasteiger partial charge in [-0.3, -0.25) is 0 Å². The molecule has 2 aromatic carbocycles. The fourth-order valence-corrected chi connectivity index (χ4v) is 2.62. The summed E-state index contributed by atoms with van der Waals surface area (Å²) < 4.78 is 1.51. The average molecular weight is 461 g/mol. The molecule has 0 bridgehead atoms. The van der Waals surface area contributed by atoms with Gasteiger partial charge in [-0.1, -0.05) is 6.07 Å². The third-order valence-electron chi connectivity index (χ3n) is 2.55. The second kappa shape index (κ2) is 6.90. The van der Waals surface area contributed by atoms with E-state index in [-0.39, 0.29) is 5.56 Å². The molecule has 0 aromatic heterocycles. The van der Waals surface area contributed by atoms with Gasteiger partial charge in [-0.25, -0.2) is 9.59 Å². The van der Waals surface area contributed by atoms with Crippen LogP contribution in [0.5, 0.6) is 0 Å². The molecule has 0 spiro atoms. The van der Waals surface area contributed by atoms with Crippen molar-refractivity contribution in [3.05, 3.63) is 56.1 Å². The number of carboxylic acids is 1. The molecule has 5 nitrogen and oxygen atoms in total. The Morgan fingerprint density at radius 3 is 2.48 bits per heavy atom. The number of carbonyl (C=O) groups excluding carboxylic acids is 1. The minimum atomic E-state index is -1.02. The second-order valence-electron chi connectivity index (χ2n) is 4.09. The molecule has 21 heavy (non-hydrogen) atoms. The quantitative estimate of drug-likeness (QED) is 0.594. The molecule has 0 atom stereocenters. The first kappa shape index (κ1) is 15.8. The van der Waals surface area contributed by atoms with Crippen LogP contribution in [0.25, 0.3) is 0 Å². The van der Waals surface area contributed by atoms with E-state index in [1.807, 2.05) is 18.2 Å². The number of aromatic carboxylic acids is 1. The number of urea groups is 1. The van der Waals surface area contributed by atoms with Crippen molar-refractivity contribution in [2.75, 3.05) is 10.6 Å². The lowest BCUT2D eigenvalue weighted by atomic mass is 10.2. The lowest BCUT2D eigenvalue weighted by Crippen LogP contribution is -2.19. The number of amides is 2. The molecule has 0 unspecified atom stereocenters. The Labute approximate surface area is 143 Å². The van der Waals surface area contributed by atoms with Gasteiger partial charge in [0, 0.05) is 13.7 Å². The van der Waals surface area contributed by atoms with Crippen LogP contribution in [0.3, 0.4) is 0 Å². The highest BCUT2D eigenvalue weighted by Crippen LogP contribution is 2.24. The van der Waals surface area contributed by atoms with E-state index < -0.39 is 12.0 Å². The van der Waals surface area contributed by atoms with Crippen molar-refractivity contribution in [1.82, 2.24) is 0 Å². The Hall–Kier alpha value is -1.61. The zero-order chi connectivity index (χ0) is 15.4. The Kier molecular flexibility index (Phi) is 5.18. The minimum absolute atomic E-state index is 0.144. The highest BCUT2D eigenvalue weighted by atomic mass is 127. The number of carboxylic acid groups (broad SMARTS) is 1. The van der Waals surface area contributed by atoms with E-state index in [0.29, 0.717) is 15.8 Å². The Morgan fingerprint density at radius 2 is 1.86 bits per heavy atom. The van der Waals surface area contributed by atoms with Gasteiger partial charge < -0.3 is 15.7 Å². The van der Waals surface area contributed by atoms with Crippen LogP contribution >= 0.6 is 38.5 Å². The van der Waals surface area contributed by atoms with E-state index in [4.69, 9.17) is 5.11 Å². The van der Waals surface area contributed by atoms with Gasteiger partial charge in [-0.15, -0.1) is 0 Å². The number of anilines is 2. The number of benzene rings is 2. The predicted octanol–water partition coefficient (Wildman–Crippen LogP) is 4.40. The summed E-state index contributed by atoms with van der Waals surface area (Å²) in [5.74, 6) is -1.02. The molecule has 0 saturated heterocycles. The summed E-state index contributed by atoms with van der Waals surface area (Å²) in [6.07, 6.45) is 0. The first-order valence-electron chi connectivity index (χ1n) is 5.82. The Morgan fingerprint density at radius 1 is 1.10 bits per heavy atom. The summed E-state index contributed by atoms with van der Waals surface area (Å²) in [7, 11) is 0. The Balaban J connectivity index is 2.08. The van der Waals surface area contributed by atoms with Crippen LogP contribution in [0.4, 0.5) is 16.2 Å². The normalized spacial score (nSPS) is 10.0. The van der Waals surface area contributed by atoms with Crippen molar-refractivity contribution in [2.45, 2.75) is 0 Å². The fraction of sp³-hybridized carbons (Fsp3) is 0. The molecule has 2 aromatic rings. The molecule has 0 aliphatic carbocycles. The van der Waals surface area contributed by atoms with Crippen LogP contribution in [0.2, 0.25) is 0 Å². The van der Waals surface area contributed by atoms with Crippen LogP contribution in [-0.2, 0) is 0 Å². The summed E-state index contributed by atoms with van der Waals surface area (Å²) in [6.45, 7) is 0. The minimum Gasteiger partial charge on any atom is -0.478 e. The zero-order valence-corrected chi connectivity index (χ0v) is 14.3. The van der Waals surface area contributed by atoms with E-state index in [1.54, 1.807) is 6.07 Å². The smallest absolute Gasteiger partial charge is 0.335 e. The SMILES string of the molecule is O=C(Nc1cccc(I)c1)Nc1ccc(C(=O)O)cc1Br. The highest BCUT2D eigenvalue weighted by molar-refractivity contribution is 14.1. The summed E-state index contributed by atoms with van der Waals surface area (Å²) in [6, 6.07) is 11.4. The van der Waals surface area contributed by atoms with E-state index in [9.17, 15) is 9.59 Å². The number of rotatable bonds is 3. The van der Waals surface area contributed by atoms with Crippen LogP contribution in [-0.4, -0.2) is 17.1 Å². The lowest BCUT2D eigenvalue weighted by Gasteiger charge is -2.10. The molecular formula is C14H10BrIN2O3. The summed E-state index contributed by atoms with van der Waals surface area (Å²) in [5, 5.41) is 14.2. The molecule has 0 aliphatic rings. The van der Waals surface area contributed by atoms with Gasteiger partial charge in [0.05, 0.1) is 11.3 Å². The topological polar surface area (TPSA) is 78.4 Å². The lowest BCUT2D eigenvalue weighted by molar-refractivity contribution is 0.0697. The third-order valence-corrected chi connectivity index (χ3v) is 3.87. The molecule has 0 fully saturated rings. The number of hydrogen-bond donors (Lipinski definition) is 3. The molecule has 0 heterocycles. The maximum absolute atomic E-state index is 11.9. The maximum Gasteiger partial charge on any atom is 0.335 e. The Bertz CT molecular complexity index is 706. The highest BCUT2D eigenvalue weighted by Gasteiger charge is 2.09. The van der Waals surface area contributed by atoms with Gasteiger partial charge in [-0.05, 0) is 74.9 Å². The zero-order valence-electron chi connectivity index (χ0n) is 10.6. The van der Waals surface area contributed by atoms with Crippen molar-refractivity contribution in [2.24, 2.45) is 0 Å².